The van der Waals surface area contributed by atoms with Gasteiger partial charge in [-0.1, -0.05) is 6.08 Å². The van der Waals surface area contributed by atoms with Gasteiger partial charge in [0.15, 0.2) is 0 Å². The van der Waals surface area contributed by atoms with Crippen molar-refractivity contribution in [2.75, 3.05) is 0 Å². The van der Waals surface area contributed by atoms with Gasteiger partial charge in [-0.25, -0.2) is 5.84 Å². The molecule has 1 aliphatic carbocycles. The molecule has 0 amide bonds. The highest BCUT2D eigenvalue weighted by atomic mass is 32.1. The van der Waals surface area contributed by atoms with E-state index in [1.807, 2.05) is 0 Å². The van der Waals surface area contributed by atoms with E-state index in [1.165, 1.54) is 6.92 Å². The van der Waals surface area contributed by atoms with Crippen molar-refractivity contribution in [3.05, 3.63) is 23.4 Å². The van der Waals surface area contributed by atoms with Crippen LogP contribution >= 0.6 is 12.8 Å². The van der Waals surface area contributed by atoms with Crippen LogP contribution in [0, 0.1) is 5.92 Å². The number of rotatable bonds is 3. The molecule has 0 aromatic rings. The van der Waals surface area contributed by atoms with Crippen LogP contribution in [0.25, 0.3) is 0 Å². The Morgan fingerprint density at radius 2 is 2.00 bits per heavy atom. The summed E-state index contributed by atoms with van der Waals surface area (Å²) in [7, 11) is 0. The summed E-state index contributed by atoms with van der Waals surface area (Å²) in [4.78, 5) is 0. The van der Waals surface area contributed by atoms with Gasteiger partial charge in [-0.15, -0.1) is 0 Å². The molecule has 0 spiro atoms. The summed E-state index contributed by atoms with van der Waals surface area (Å²) in [6, 6.07) is 0. The minimum absolute atomic E-state index is 0.116. The molecule has 0 aromatic carbocycles. The molecule has 1 rings (SSSR count). The van der Waals surface area contributed by atoms with Gasteiger partial charge in [-0.2, -0.15) is 13.2 Å². The molecule has 0 radical (unpaired) electrons. The quantitative estimate of drug-likeness (QED) is 0.342. The molecule has 0 saturated heterocycles. The zero-order valence-corrected chi connectivity index (χ0v) is 9.15. The Morgan fingerprint density at radius 3 is 2.27 bits per heavy atom. The number of nitrogens with zero attached hydrogens (tertiary/aromatic N) is 1. The van der Waals surface area contributed by atoms with Crippen molar-refractivity contribution in [1.29, 1.82) is 0 Å². The molecule has 0 heterocycles. The summed E-state index contributed by atoms with van der Waals surface area (Å²) in [5, 5.41) is 0. The maximum absolute atomic E-state index is 12.4. The Hall–Kier alpha value is -0.620. The number of nitrogens with two attached hydrogens (primary N) is 1. The highest BCUT2D eigenvalue weighted by molar-refractivity contribution is 7.77. The van der Waals surface area contributed by atoms with Crippen molar-refractivity contribution in [2.45, 2.75) is 25.9 Å². The van der Waals surface area contributed by atoms with Gasteiger partial charge in [0.2, 0.25) is 0 Å². The van der Waals surface area contributed by atoms with E-state index in [2.05, 4.69) is 12.8 Å². The van der Waals surface area contributed by atoms with Crippen LogP contribution in [0.15, 0.2) is 23.4 Å². The molecule has 0 aromatic heterocycles. The third kappa shape index (κ3) is 3.46. The number of thiol groups is 1. The number of halogens is 3. The lowest BCUT2D eigenvalue weighted by Crippen LogP contribution is -2.22. The molecule has 86 valence electrons. The molecule has 2 nitrogen and oxygen atoms in total. The van der Waals surface area contributed by atoms with Crippen LogP contribution in [0.5, 0.6) is 0 Å². The van der Waals surface area contributed by atoms with Crippen LogP contribution in [0.1, 0.15) is 19.8 Å². The lowest BCUT2D eigenvalue weighted by atomic mass is 10.1. The van der Waals surface area contributed by atoms with Crippen LogP contribution in [0.4, 0.5) is 13.2 Å². The zero-order valence-electron chi connectivity index (χ0n) is 8.25. The van der Waals surface area contributed by atoms with Crippen LogP contribution in [0.3, 0.4) is 0 Å². The van der Waals surface area contributed by atoms with Gasteiger partial charge < -0.3 is 0 Å². The first kappa shape index (κ1) is 12.4. The second-order valence-corrected chi connectivity index (χ2v) is 3.86. The summed E-state index contributed by atoms with van der Waals surface area (Å²) >= 11 is 3.83. The van der Waals surface area contributed by atoms with Gasteiger partial charge in [0.1, 0.15) is 0 Å². The first-order valence-electron chi connectivity index (χ1n) is 4.55. The predicted molar refractivity (Wildman–Crippen MR) is 55.6 cm³/mol. The fourth-order valence-corrected chi connectivity index (χ4v) is 1.46. The van der Waals surface area contributed by atoms with Crippen LogP contribution in [-0.4, -0.2) is 10.6 Å². The summed E-state index contributed by atoms with van der Waals surface area (Å²) in [5.41, 5.74) is -0.266. The average molecular weight is 238 g/mol. The van der Waals surface area contributed by atoms with Crippen molar-refractivity contribution >= 4 is 12.8 Å². The van der Waals surface area contributed by atoms with Gasteiger partial charge in [-0.05, 0) is 38.7 Å². The van der Waals surface area contributed by atoms with Crippen LogP contribution in [-0.2, 0) is 0 Å². The molecule has 2 N–H and O–H groups in total. The number of allylic oxidation sites excluding steroid dienone is 4. The maximum Gasteiger partial charge on any atom is 0.416 e. The predicted octanol–water partition coefficient (Wildman–Crippen LogP) is 2.81. The third-order valence-electron chi connectivity index (χ3n) is 2.20. The van der Waals surface area contributed by atoms with Gasteiger partial charge >= 0.3 is 6.18 Å². The molecule has 0 unspecified atom stereocenters. The van der Waals surface area contributed by atoms with Crippen molar-refractivity contribution < 1.29 is 13.2 Å². The van der Waals surface area contributed by atoms with E-state index in [0.717, 1.165) is 29.4 Å². The van der Waals surface area contributed by atoms with Gasteiger partial charge in [0, 0.05) is 11.6 Å². The third-order valence-corrected chi connectivity index (χ3v) is 2.43. The number of alkyl halides is 3. The Kier molecular flexibility index (Phi) is 3.72. The van der Waals surface area contributed by atoms with E-state index < -0.39 is 11.7 Å². The van der Waals surface area contributed by atoms with Gasteiger partial charge in [0.25, 0.3) is 0 Å². The Balaban J connectivity index is 2.90. The summed E-state index contributed by atoms with van der Waals surface area (Å²) in [6.07, 6.45) is -0.507. The summed E-state index contributed by atoms with van der Waals surface area (Å²) in [6.45, 7) is 1.35. The SMILES string of the molecule is CC=C(C=C(C1CC1)N(N)S)C(F)(F)F. The number of hydrogen-bond acceptors (Lipinski definition) is 3. The highest BCUT2D eigenvalue weighted by Gasteiger charge is 2.35. The molecule has 0 aliphatic heterocycles. The smallest absolute Gasteiger partial charge is 0.260 e. The first-order valence-corrected chi connectivity index (χ1v) is 4.95. The van der Waals surface area contributed by atoms with Gasteiger partial charge in [0.05, 0.1) is 5.57 Å². The van der Waals surface area contributed by atoms with Crippen LogP contribution in [0.2, 0.25) is 0 Å². The fraction of sp³-hybridized carbons (Fsp3) is 0.556. The number of hydrazine groups is 1. The van der Waals surface area contributed by atoms with Crippen LogP contribution < -0.4 is 5.84 Å². The van der Waals surface area contributed by atoms with E-state index >= 15 is 0 Å². The zero-order chi connectivity index (χ0) is 11.6. The minimum Gasteiger partial charge on any atom is -0.260 e. The Morgan fingerprint density at radius 1 is 1.47 bits per heavy atom. The van der Waals surface area contributed by atoms with E-state index in [4.69, 9.17) is 5.84 Å². The molecule has 0 bridgehead atoms. The van der Waals surface area contributed by atoms with Crippen molar-refractivity contribution in [3.63, 3.8) is 0 Å². The molecule has 1 aliphatic rings. The van der Waals surface area contributed by atoms with Crippen molar-refractivity contribution in [2.24, 2.45) is 11.8 Å². The monoisotopic (exact) mass is 238 g/mol. The molecule has 0 atom stereocenters. The van der Waals surface area contributed by atoms with E-state index in [1.54, 1.807) is 0 Å². The normalized spacial score (nSPS) is 19.3. The Labute approximate surface area is 92.1 Å². The van der Waals surface area contributed by atoms with E-state index in [0.29, 0.717) is 5.70 Å². The van der Waals surface area contributed by atoms with Crippen molar-refractivity contribution in [3.8, 4) is 0 Å². The van der Waals surface area contributed by atoms with E-state index in [9.17, 15) is 13.2 Å². The summed E-state index contributed by atoms with van der Waals surface area (Å²) < 4.78 is 38.3. The summed E-state index contributed by atoms with van der Waals surface area (Å²) in [5.74, 6) is 5.47. The molecule has 1 fully saturated rings. The largest absolute Gasteiger partial charge is 0.416 e. The van der Waals surface area contributed by atoms with E-state index in [-0.39, 0.29) is 5.92 Å². The molecular weight excluding hydrogens is 225 g/mol. The minimum atomic E-state index is -4.33. The standard InChI is InChI=1S/C9H13F3N2S/c1-2-7(9(10,11)12)5-8(14(13)15)6-3-4-6/h2,5-6,15H,3-4,13H2,1H3. The molecular formula is C9H13F3N2S. The topological polar surface area (TPSA) is 29.3 Å². The van der Waals surface area contributed by atoms with Gasteiger partial charge in [-0.3, -0.25) is 4.41 Å². The highest BCUT2D eigenvalue weighted by Crippen LogP contribution is 2.39. The fourth-order valence-electron chi connectivity index (χ4n) is 1.24. The molecule has 1 saturated carbocycles. The average Bonchev–Trinajstić information content (AvgIpc) is 2.86. The van der Waals surface area contributed by atoms with Crippen molar-refractivity contribution in [1.82, 2.24) is 4.41 Å². The molecule has 6 heteroatoms. The first-order chi connectivity index (χ1) is 6.86. The Bertz CT molecular complexity index is 286. The number of hydrogen-bond donors (Lipinski definition) is 2. The lowest BCUT2D eigenvalue weighted by Gasteiger charge is -2.16. The second-order valence-electron chi connectivity index (χ2n) is 3.43. The maximum atomic E-state index is 12.4. The lowest BCUT2D eigenvalue weighted by molar-refractivity contribution is -0.0884. The second kappa shape index (κ2) is 4.49. The molecule has 15 heavy (non-hydrogen) atoms.